The molecule has 0 aromatic heterocycles. The molecule has 0 atom stereocenters. The zero-order chi connectivity index (χ0) is 19.6. The van der Waals surface area contributed by atoms with Gasteiger partial charge in [0.25, 0.3) is 0 Å². The van der Waals surface area contributed by atoms with Crippen LogP contribution in [0.25, 0.3) is 33.4 Å². The molecule has 0 saturated heterocycles. The smallest absolute Gasteiger partial charge is 0.00673 e. The number of rotatable bonds is 3. The van der Waals surface area contributed by atoms with Gasteiger partial charge >= 0.3 is 0 Å². The average Bonchev–Trinajstić information content (AvgIpc) is 2.74. The summed E-state index contributed by atoms with van der Waals surface area (Å²) in [6.07, 6.45) is 0. The van der Waals surface area contributed by atoms with Gasteiger partial charge in [-0.3, -0.25) is 0 Å². The molecule has 0 spiro atoms. The van der Waals surface area contributed by atoms with Crippen molar-refractivity contribution in [2.75, 3.05) is 0 Å². The van der Waals surface area contributed by atoms with Gasteiger partial charge in [-0.1, -0.05) is 106 Å². The van der Waals surface area contributed by atoms with Crippen LogP contribution in [0.4, 0.5) is 0 Å². The Morgan fingerprint density at radius 2 is 1.07 bits per heavy atom. The first-order valence-corrected chi connectivity index (χ1v) is 9.80. The molecule has 28 heavy (non-hydrogen) atoms. The molecule has 0 fully saturated rings. The van der Waals surface area contributed by atoms with Crippen LogP contribution in [-0.2, 0) is 5.41 Å². The number of hydrogen-bond acceptors (Lipinski definition) is 0. The Bertz CT molecular complexity index is 1070. The van der Waals surface area contributed by atoms with Gasteiger partial charge in [0.15, 0.2) is 0 Å². The van der Waals surface area contributed by atoms with Crippen molar-refractivity contribution in [1.29, 1.82) is 0 Å². The van der Waals surface area contributed by atoms with Crippen LogP contribution < -0.4 is 0 Å². The Labute approximate surface area is 168 Å². The first kappa shape index (κ1) is 18.3. The van der Waals surface area contributed by atoms with Gasteiger partial charge < -0.3 is 0 Å². The van der Waals surface area contributed by atoms with Gasteiger partial charge in [0.1, 0.15) is 0 Å². The molecule has 137 valence electrons. The summed E-state index contributed by atoms with van der Waals surface area (Å²) >= 11 is 0. The van der Waals surface area contributed by atoms with Crippen molar-refractivity contribution >= 4 is 0 Å². The molecular formula is C28H25. The van der Waals surface area contributed by atoms with E-state index in [2.05, 4.69) is 124 Å². The highest BCUT2D eigenvalue weighted by atomic mass is 14.3. The van der Waals surface area contributed by atoms with Gasteiger partial charge in [-0.2, -0.15) is 0 Å². The SMILES string of the molecule is CC(C)(C)c1c[c]cc(-c2ccccc2-c2ccccc2)c1-c1ccccc1. The van der Waals surface area contributed by atoms with Gasteiger partial charge in [-0.25, -0.2) is 0 Å². The van der Waals surface area contributed by atoms with E-state index < -0.39 is 0 Å². The van der Waals surface area contributed by atoms with E-state index in [0.29, 0.717) is 0 Å². The van der Waals surface area contributed by atoms with Gasteiger partial charge in [0.05, 0.1) is 0 Å². The zero-order valence-electron chi connectivity index (χ0n) is 16.7. The first-order valence-electron chi connectivity index (χ1n) is 9.80. The lowest BCUT2D eigenvalue weighted by molar-refractivity contribution is 0.592. The van der Waals surface area contributed by atoms with E-state index in [-0.39, 0.29) is 5.41 Å². The van der Waals surface area contributed by atoms with Crippen LogP contribution in [-0.4, -0.2) is 0 Å². The molecule has 4 rings (SSSR count). The Kier molecular flexibility index (Phi) is 4.88. The van der Waals surface area contributed by atoms with E-state index in [1.165, 1.54) is 38.9 Å². The van der Waals surface area contributed by atoms with Crippen LogP contribution in [0.3, 0.4) is 0 Å². The van der Waals surface area contributed by atoms with Crippen molar-refractivity contribution in [1.82, 2.24) is 0 Å². The zero-order valence-corrected chi connectivity index (χ0v) is 16.7. The Morgan fingerprint density at radius 1 is 0.536 bits per heavy atom. The molecule has 0 N–H and O–H groups in total. The predicted molar refractivity (Wildman–Crippen MR) is 120 cm³/mol. The summed E-state index contributed by atoms with van der Waals surface area (Å²) in [5.74, 6) is 0. The molecule has 0 unspecified atom stereocenters. The topological polar surface area (TPSA) is 0 Å². The fourth-order valence-electron chi connectivity index (χ4n) is 3.80. The number of hydrogen-bond donors (Lipinski definition) is 0. The average molecular weight is 362 g/mol. The summed E-state index contributed by atoms with van der Waals surface area (Å²) < 4.78 is 0. The third-order valence-corrected chi connectivity index (χ3v) is 5.17. The molecule has 4 aromatic rings. The van der Waals surface area contributed by atoms with Crippen molar-refractivity contribution in [2.45, 2.75) is 26.2 Å². The van der Waals surface area contributed by atoms with E-state index in [4.69, 9.17) is 0 Å². The lowest BCUT2D eigenvalue weighted by atomic mass is 9.78. The normalized spacial score (nSPS) is 11.4. The lowest BCUT2D eigenvalue weighted by Crippen LogP contribution is -2.13. The highest BCUT2D eigenvalue weighted by Gasteiger charge is 2.22. The second kappa shape index (κ2) is 7.48. The van der Waals surface area contributed by atoms with E-state index in [9.17, 15) is 0 Å². The second-order valence-corrected chi connectivity index (χ2v) is 8.19. The predicted octanol–water partition coefficient (Wildman–Crippen LogP) is 7.79. The minimum atomic E-state index is 0.0272. The monoisotopic (exact) mass is 361 g/mol. The molecule has 0 aliphatic carbocycles. The van der Waals surface area contributed by atoms with Crippen LogP contribution in [0.2, 0.25) is 0 Å². The Balaban J connectivity index is 2.03. The van der Waals surface area contributed by atoms with E-state index >= 15 is 0 Å². The van der Waals surface area contributed by atoms with Crippen LogP contribution in [0.1, 0.15) is 26.3 Å². The van der Waals surface area contributed by atoms with Gasteiger partial charge in [0.2, 0.25) is 0 Å². The molecule has 0 saturated carbocycles. The van der Waals surface area contributed by atoms with Crippen molar-refractivity contribution < 1.29 is 0 Å². The minimum absolute atomic E-state index is 0.0272. The summed E-state index contributed by atoms with van der Waals surface area (Å²) in [6.45, 7) is 6.82. The summed E-state index contributed by atoms with van der Waals surface area (Å²) in [7, 11) is 0. The van der Waals surface area contributed by atoms with Crippen molar-refractivity contribution in [3.8, 4) is 33.4 Å². The van der Waals surface area contributed by atoms with Crippen LogP contribution in [0, 0.1) is 6.07 Å². The molecule has 0 aliphatic heterocycles. The lowest BCUT2D eigenvalue weighted by Gasteiger charge is -2.26. The van der Waals surface area contributed by atoms with Gasteiger partial charge in [0, 0.05) is 0 Å². The molecule has 0 heterocycles. The Hall–Kier alpha value is -3.12. The summed E-state index contributed by atoms with van der Waals surface area (Å²) in [4.78, 5) is 0. The molecular weight excluding hydrogens is 336 g/mol. The van der Waals surface area contributed by atoms with Gasteiger partial charge in [-0.15, -0.1) is 0 Å². The Morgan fingerprint density at radius 3 is 1.68 bits per heavy atom. The fraction of sp³-hybridized carbons (Fsp3) is 0.143. The summed E-state index contributed by atoms with van der Waals surface area (Å²) in [5.41, 5.74) is 8.86. The first-order chi connectivity index (χ1) is 13.6. The molecule has 4 aromatic carbocycles. The molecule has 0 heteroatoms. The van der Waals surface area contributed by atoms with Crippen molar-refractivity contribution in [3.63, 3.8) is 0 Å². The molecule has 0 aliphatic rings. The van der Waals surface area contributed by atoms with Crippen LogP contribution in [0.15, 0.2) is 97.1 Å². The second-order valence-electron chi connectivity index (χ2n) is 8.19. The fourth-order valence-corrected chi connectivity index (χ4v) is 3.80. The van der Waals surface area contributed by atoms with Gasteiger partial charge in [-0.05, 0) is 62.6 Å². The molecule has 1 radical (unpaired) electrons. The van der Waals surface area contributed by atoms with E-state index in [0.717, 1.165) is 0 Å². The van der Waals surface area contributed by atoms with Crippen LogP contribution >= 0.6 is 0 Å². The summed E-state index contributed by atoms with van der Waals surface area (Å²) in [5, 5.41) is 0. The third kappa shape index (κ3) is 3.51. The molecule has 0 bridgehead atoms. The highest BCUT2D eigenvalue weighted by Crippen LogP contribution is 2.42. The highest BCUT2D eigenvalue weighted by molar-refractivity contribution is 5.93. The van der Waals surface area contributed by atoms with Crippen molar-refractivity contribution in [3.05, 3.63) is 109 Å². The standard InChI is InChI=1S/C28H25/c1-28(2,3)26-20-12-19-25(27(26)22-15-8-5-9-16-22)24-18-11-10-17-23(24)21-13-6-4-7-14-21/h4-11,13-20H,1-3H3. The molecule has 0 amide bonds. The third-order valence-electron chi connectivity index (χ3n) is 5.17. The van der Waals surface area contributed by atoms with E-state index in [1.54, 1.807) is 0 Å². The quantitative estimate of drug-likeness (QED) is 0.349. The number of benzene rings is 4. The molecule has 0 nitrogen and oxygen atoms in total. The largest absolute Gasteiger partial charge is 0.0622 e. The maximum Gasteiger partial charge on any atom is -0.00673 e. The minimum Gasteiger partial charge on any atom is -0.0622 e. The maximum absolute atomic E-state index is 3.42. The summed E-state index contributed by atoms with van der Waals surface area (Å²) in [6, 6.07) is 37.7. The van der Waals surface area contributed by atoms with E-state index in [1.807, 2.05) is 0 Å². The van der Waals surface area contributed by atoms with Crippen LogP contribution in [0.5, 0.6) is 0 Å². The van der Waals surface area contributed by atoms with Crippen molar-refractivity contribution in [2.24, 2.45) is 0 Å². The maximum atomic E-state index is 3.42.